The van der Waals surface area contributed by atoms with Crippen LogP contribution in [0.15, 0.2) is 48.5 Å². The molecule has 0 saturated carbocycles. The van der Waals surface area contributed by atoms with Gasteiger partial charge in [-0.2, -0.15) is 0 Å². The fourth-order valence-corrected chi connectivity index (χ4v) is 2.23. The van der Waals surface area contributed by atoms with E-state index in [1.165, 1.54) is 0 Å². The van der Waals surface area contributed by atoms with Crippen molar-refractivity contribution < 1.29 is 14.3 Å². The van der Waals surface area contributed by atoms with E-state index in [1.807, 2.05) is 24.3 Å². The van der Waals surface area contributed by atoms with Gasteiger partial charge in [-0.25, -0.2) is 0 Å². The second-order valence-electron chi connectivity index (χ2n) is 5.18. The van der Waals surface area contributed by atoms with Crippen LogP contribution < -0.4 is 10.1 Å². The van der Waals surface area contributed by atoms with Crippen LogP contribution in [-0.4, -0.2) is 19.1 Å². The van der Waals surface area contributed by atoms with E-state index in [2.05, 4.69) is 5.32 Å². The summed E-state index contributed by atoms with van der Waals surface area (Å²) in [6.07, 6.45) is -0.596. The van der Waals surface area contributed by atoms with Crippen LogP contribution in [0.1, 0.15) is 18.1 Å². The lowest BCUT2D eigenvalue weighted by Gasteiger charge is -2.15. The number of amides is 1. The molecule has 0 saturated heterocycles. The number of rotatable bonds is 7. The molecule has 122 valence electrons. The Balaban J connectivity index is 1.83. The first-order valence-corrected chi connectivity index (χ1v) is 7.73. The number of benzene rings is 2. The summed E-state index contributed by atoms with van der Waals surface area (Å²) in [6, 6.07) is 14.9. The number of methoxy groups -OCH3 is 1. The van der Waals surface area contributed by atoms with Crippen molar-refractivity contribution in [2.24, 2.45) is 0 Å². The Morgan fingerprint density at radius 1 is 1.17 bits per heavy atom. The van der Waals surface area contributed by atoms with Crippen LogP contribution in [0.5, 0.6) is 5.75 Å². The molecule has 0 fully saturated rings. The summed E-state index contributed by atoms with van der Waals surface area (Å²) in [5.41, 5.74) is 2.12. The van der Waals surface area contributed by atoms with Crippen LogP contribution in [0.2, 0.25) is 5.02 Å². The minimum absolute atomic E-state index is 0.175. The van der Waals surface area contributed by atoms with Gasteiger partial charge in [-0.15, -0.1) is 0 Å². The predicted molar refractivity (Wildman–Crippen MR) is 90.5 cm³/mol. The van der Waals surface area contributed by atoms with Gasteiger partial charge in [-0.1, -0.05) is 41.9 Å². The van der Waals surface area contributed by atoms with Crippen molar-refractivity contribution in [1.29, 1.82) is 0 Å². The monoisotopic (exact) mass is 333 g/mol. The number of hydrogen-bond acceptors (Lipinski definition) is 3. The van der Waals surface area contributed by atoms with Crippen LogP contribution >= 0.6 is 11.6 Å². The molecule has 2 rings (SSSR count). The van der Waals surface area contributed by atoms with Gasteiger partial charge in [-0.3, -0.25) is 4.79 Å². The topological polar surface area (TPSA) is 47.6 Å². The lowest BCUT2D eigenvalue weighted by atomic mass is 10.1. The SMILES string of the molecule is COCc1ccc(CNC(=O)C(C)Oc2cccc(Cl)c2)cc1. The lowest BCUT2D eigenvalue weighted by Crippen LogP contribution is -2.35. The van der Waals surface area contributed by atoms with E-state index in [0.717, 1.165) is 11.1 Å². The van der Waals surface area contributed by atoms with Crippen molar-refractivity contribution in [3.8, 4) is 5.75 Å². The van der Waals surface area contributed by atoms with E-state index in [-0.39, 0.29) is 5.91 Å². The van der Waals surface area contributed by atoms with Crippen molar-refractivity contribution in [1.82, 2.24) is 5.32 Å². The quantitative estimate of drug-likeness (QED) is 0.842. The molecule has 0 aliphatic carbocycles. The van der Waals surface area contributed by atoms with Crippen LogP contribution in [-0.2, 0) is 22.7 Å². The Hall–Kier alpha value is -2.04. The average molecular weight is 334 g/mol. The van der Waals surface area contributed by atoms with E-state index in [9.17, 15) is 4.79 Å². The van der Waals surface area contributed by atoms with Gasteiger partial charge in [0.1, 0.15) is 5.75 Å². The Morgan fingerprint density at radius 3 is 2.52 bits per heavy atom. The molecule has 0 aliphatic heterocycles. The predicted octanol–water partition coefficient (Wildman–Crippen LogP) is 3.57. The molecule has 0 bridgehead atoms. The summed E-state index contributed by atoms with van der Waals surface area (Å²) < 4.78 is 10.7. The molecular formula is C18H20ClNO3. The van der Waals surface area contributed by atoms with Crippen molar-refractivity contribution in [3.05, 3.63) is 64.7 Å². The molecule has 23 heavy (non-hydrogen) atoms. The van der Waals surface area contributed by atoms with Gasteiger partial charge in [-0.05, 0) is 36.2 Å². The molecule has 1 N–H and O–H groups in total. The Morgan fingerprint density at radius 2 is 1.87 bits per heavy atom. The van der Waals surface area contributed by atoms with Gasteiger partial charge in [0, 0.05) is 18.7 Å². The van der Waals surface area contributed by atoms with Crippen molar-refractivity contribution in [2.45, 2.75) is 26.2 Å². The third kappa shape index (κ3) is 5.58. The van der Waals surface area contributed by atoms with E-state index < -0.39 is 6.10 Å². The molecule has 2 aromatic rings. The molecule has 0 spiro atoms. The number of carbonyl (C=O) groups excluding carboxylic acids is 1. The highest BCUT2D eigenvalue weighted by Crippen LogP contribution is 2.18. The summed E-state index contributed by atoms with van der Waals surface area (Å²) in [6.45, 7) is 2.74. The minimum Gasteiger partial charge on any atom is -0.481 e. The fraction of sp³-hybridized carbons (Fsp3) is 0.278. The zero-order valence-electron chi connectivity index (χ0n) is 13.2. The van der Waals surface area contributed by atoms with Crippen molar-refractivity contribution in [2.75, 3.05) is 7.11 Å². The van der Waals surface area contributed by atoms with Gasteiger partial charge >= 0.3 is 0 Å². The summed E-state index contributed by atoms with van der Waals surface area (Å²) in [4.78, 5) is 12.1. The molecule has 0 heterocycles. The number of nitrogens with one attached hydrogen (secondary N) is 1. The lowest BCUT2D eigenvalue weighted by molar-refractivity contribution is -0.127. The standard InChI is InChI=1S/C18H20ClNO3/c1-13(23-17-5-3-4-16(19)10-17)18(21)20-11-14-6-8-15(9-7-14)12-22-2/h3-10,13H,11-12H2,1-2H3,(H,20,21). The van der Waals surface area contributed by atoms with Gasteiger partial charge in [0.25, 0.3) is 5.91 Å². The summed E-state index contributed by atoms with van der Waals surface area (Å²) in [5, 5.41) is 3.43. The number of carbonyl (C=O) groups is 1. The molecular weight excluding hydrogens is 314 g/mol. The fourth-order valence-electron chi connectivity index (χ4n) is 2.05. The molecule has 1 amide bonds. The Kier molecular flexibility index (Phi) is 6.44. The minimum atomic E-state index is -0.596. The first kappa shape index (κ1) is 17.3. The highest BCUT2D eigenvalue weighted by atomic mass is 35.5. The van der Waals surface area contributed by atoms with Crippen molar-refractivity contribution in [3.63, 3.8) is 0 Å². The van der Waals surface area contributed by atoms with E-state index >= 15 is 0 Å². The van der Waals surface area contributed by atoms with Gasteiger partial charge in [0.05, 0.1) is 6.61 Å². The maximum Gasteiger partial charge on any atom is 0.261 e. The van der Waals surface area contributed by atoms with E-state index in [0.29, 0.717) is 23.9 Å². The van der Waals surface area contributed by atoms with E-state index in [4.69, 9.17) is 21.1 Å². The third-order valence-electron chi connectivity index (χ3n) is 3.28. The summed E-state index contributed by atoms with van der Waals surface area (Å²) >= 11 is 5.89. The summed E-state index contributed by atoms with van der Waals surface area (Å²) in [5.74, 6) is 0.398. The first-order chi connectivity index (χ1) is 11.1. The maximum atomic E-state index is 12.1. The second kappa shape index (κ2) is 8.56. The molecule has 0 radical (unpaired) electrons. The molecule has 2 aromatic carbocycles. The molecule has 4 nitrogen and oxygen atoms in total. The average Bonchev–Trinajstić information content (AvgIpc) is 2.54. The molecule has 5 heteroatoms. The van der Waals surface area contributed by atoms with Crippen LogP contribution in [0.25, 0.3) is 0 Å². The zero-order chi connectivity index (χ0) is 16.7. The highest BCUT2D eigenvalue weighted by Gasteiger charge is 2.14. The molecule has 0 aromatic heterocycles. The zero-order valence-corrected chi connectivity index (χ0v) is 14.0. The van der Waals surface area contributed by atoms with Crippen LogP contribution in [0.3, 0.4) is 0 Å². The molecule has 1 unspecified atom stereocenters. The van der Waals surface area contributed by atoms with Crippen LogP contribution in [0.4, 0.5) is 0 Å². The van der Waals surface area contributed by atoms with E-state index in [1.54, 1.807) is 38.3 Å². The van der Waals surface area contributed by atoms with Gasteiger partial charge in [0.15, 0.2) is 6.10 Å². The van der Waals surface area contributed by atoms with Crippen molar-refractivity contribution >= 4 is 17.5 Å². The third-order valence-corrected chi connectivity index (χ3v) is 3.51. The molecule has 0 aliphatic rings. The number of ether oxygens (including phenoxy) is 2. The number of halogens is 1. The smallest absolute Gasteiger partial charge is 0.261 e. The van der Waals surface area contributed by atoms with Gasteiger partial charge < -0.3 is 14.8 Å². The summed E-state index contributed by atoms with van der Waals surface area (Å²) in [7, 11) is 1.66. The molecule has 1 atom stereocenters. The first-order valence-electron chi connectivity index (χ1n) is 7.35. The normalized spacial score (nSPS) is 11.8. The second-order valence-corrected chi connectivity index (χ2v) is 5.62. The van der Waals surface area contributed by atoms with Gasteiger partial charge in [0.2, 0.25) is 0 Å². The Bertz CT molecular complexity index is 643. The number of hydrogen-bond donors (Lipinski definition) is 1. The highest BCUT2D eigenvalue weighted by molar-refractivity contribution is 6.30. The maximum absolute atomic E-state index is 12.1. The largest absolute Gasteiger partial charge is 0.481 e. The van der Waals surface area contributed by atoms with Crippen LogP contribution in [0, 0.1) is 0 Å². The Labute approximate surface area is 141 Å².